The predicted molar refractivity (Wildman–Crippen MR) is 63.7 cm³/mol. The van der Waals surface area contributed by atoms with E-state index in [1.54, 1.807) is 0 Å². The number of halogens is 1. The summed E-state index contributed by atoms with van der Waals surface area (Å²) in [6.07, 6.45) is 2.78. The molecule has 0 heterocycles. The van der Waals surface area contributed by atoms with Gasteiger partial charge in [-0.25, -0.2) is 0 Å². The Morgan fingerprint density at radius 3 is 2.50 bits per heavy atom. The van der Waals surface area contributed by atoms with Crippen LogP contribution in [0.5, 0.6) is 0 Å². The van der Waals surface area contributed by atoms with Gasteiger partial charge in [-0.1, -0.05) is 46.3 Å². The van der Waals surface area contributed by atoms with E-state index >= 15 is 0 Å². The van der Waals surface area contributed by atoms with Crippen LogP contribution >= 0.6 is 15.9 Å². The van der Waals surface area contributed by atoms with Crippen LogP contribution in [0.2, 0.25) is 0 Å². The largest absolute Gasteiger partial charge is 0.295 e. The molecule has 1 aromatic carbocycles. The number of nitrogens with zero attached hydrogens (tertiary/aromatic N) is 1. The summed E-state index contributed by atoms with van der Waals surface area (Å²) in [4.78, 5) is 2.57. The van der Waals surface area contributed by atoms with Gasteiger partial charge in [0, 0.05) is 24.5 Å². The van der Waals surface area contributed by atoms with E-state index < -0.39 is 0 Å². The Bertz CT molecular complexity index is 269. The Morgan fingerprint density at radius 2 is 1.93 bits per heavy atom. The molecule has 0 N–H and O–H groups in total. The third-order valence-electron chi connectivity index (χ3n) is 2.66. The fraction of sp³-hybridized carbons (Fsp3) is 0.500. The molecular weight excluding hydrogens is 238 g/mol. The maximum atomic E-state index is 3.52. The predicted octanol–water partition coefficient (Wildman–Crippen LogP) is 3.05. The molecule has 0 atom stereocenters. The van der Waals surface area contributed by atoms with Crippen molar-refractivity contribution in [2.45, 2.75) is 25.4 Å². The highest BCUT2D eigenvalue weighted by Gasteiger charge is 2.28. The number of rotatable bonds is 5. The van der Waals surface area contributed by atoms with Crippen molar-refractivity contribution >= 4 is 15.9 Å². The molecular formula is C12H16BrN. The van der Waals surface area contributed by atoms with Crippen molar-refractivity contribution < 1.29 is 0 Å². The average Bonchev–Trinajstić information content (AvgIpc) is 3.02. The molecule has 0 bridgehead atoms. The average molecular weight is 254 g/mol. The molecule has 1 saturated carbocycles. The smallest absolute Gasteiger partial charge is 0.0237 e. The first-order chi connectivity index (χ1) is 6.90. The molecule has 2 rings (SSSR count). The molecule has 0 aliphatic heterocycles. The summed E-state index contributed by atoms with van der Waals surface area (Å²) in [5.41, 5.74) is 1.43. The molecule has 1 aliphatic carbocycles. The van der Waals surface area contributed by atoms with Gasteiger partial charge in [-0.2, -0.15) is 0 Å². The van der Waals surface area contributed by atoms with E-state index in [1.807, 2.05) is 0 Å². The lowest BCUT2D eigenvalue weighted by Gasteiger charge is -2.20. The second kappa shape index (κ2) is 4.94. The zero-order valence-corrected chi connectivity index (χ0v) is 9.91. The van der Waals surface area contributed by atoms with Crippen molar-refractivity contribution in [1.82, 2.24) is 4.90 Å². The van der Waals surface area contributed by atoms with Crippen LogP contribution in [0.25, 0.3) is 0 Å². The minimum Gasteiger partial charge on any atom is -0.295 e. The lowest BCUT2D eigenvalue weighted by atomic mass is 10.2. The molecule has 0 aromatic heterocycles. The molecule has 76 valence electrons. The number of benzene rings is 1. The van der Waals surface area contributed by atoms with Crippen molar-refractivity contribution in [2.24, 2.45) is 0 Å². The summed E-state index contributed by atoms with van der Waals surface area (Å²) in [7, 11) is 0. The first-order valence-electron chi connectivity index (χ1n) is 5.24. The van der Waals surface area contributed by atoms with Crippen molar-refractivity contribution in [3.8, 4) is 0 Å². The van der Waals surface area contributed by atoms with Gasteiger partial charge in [0.15, 0.2) is 0 Å². The van der Waals surface area contributed by atoms with E-state index in [4.69, 9.17) is 0 Å². The van der Waals surface area contributed by atoms with E-state index in [2.05, 4.69) is 51.2 Å². The van der Waals surface area contributed by atoms with Gasteiger partial charge >= 0.3 is 0 Å². The van der Waals surface area contributed by atoms with Crippen molar-refractivity contribution in [3.63, 3.8) is 0 Å². The fourth-order valence-corrected chi connectivity index (χ4v) is 2.21. The molecule has 1 aromatic rings. The Labute approximate surface area is 94.2 Å². The first kappa shape index (κ1) is 10.2. The van der Waals surface area contributed by atoms with Crippen molar-refractivity contribution in [3.05, 3.63) is 35.9 Å². The van der Waals surface area contributed by atoms with Gasteiger partial charge in [-0.3, -0.25) is 4.90 Å². The molecule has 1 fully saturated rings. The van der Waals surface area contributed by atoms with Crippen LogP contribution in [0, 0.1) is 0 Å². The van der Waals surface area contributed by atoms with E-state index in [-0.39, 0.29) is 0 Å². The minimum absolute atomic E-state index is 0.854. The molecule has 0 radical (unpaired) electrons. The van der Waals surface area contributed by atoms with Crippen LogP contribution in [0.15, 0.2) is 30.3 Å². The van der Waals surface area contributed by atoms with Gasteiger partial charge in [0.1, 0.15) is 0 Å². The highest BCUT2D eigenvalue weighted by Crippen LogP contribution is 2.28. The zero-order chi connectivity index (χ0) is 9.80. The molecule has 0 saturated heterocycles. The molecule has 0 amide bonds. The Kier molecular flexibility index (Phi) is 3.60. The highest BCUT2D eigenvalue weighted by molar-refractivity contribution is 9.09. The van der Waals surface area contributed by atoms with Gasteiger partial charge in [-0.05, 0) is 18.4 Å². The van der Waals surface area contributed by atoms with Gasteiger partial charge in [0.05, 0.1) is 0 Å². The molecule has 2 heteroatoms. The molecule has 1 aliphatic rings. The number of alkyl halides is 1. The molecule has 0 unspecified atom stereocenters. The van der Waals surface area contributed by atoms with Gasteiger partial charge in [0.2, 0.25) is 0 Å². The zero-order valence-electron chi connectivity index (χ0n) is 8.32. The summed E-state index contributed by atoms with van der Waals surface area (Å²) in [6, 6.07) is 11.6. The van der Waals surface area contributed by atoms with E-state index in [1.165, 1.54) is 24.9 Å². The van der Waals surface area contributed by atoms with Gasteiger partial charge in [-0.15, -0.1) is 0 Å². The van der Waals surface area contributed by atoms with Crippen LogP contribution in [0.4, 0.5) is 0 Å². The van der Waals surface area contributed by atoms with E-state index in [9.17, 15) is 0 Å². The summed E-state index contributed by atoms with van der Waals surface area (Å²) >= 11 is 3.52. The molecule has 0 spiro atoms. The second-order valence-electron chi connectivity index (χ2n) is 3.88. The lowest BCUT2D eigenvalue weighted by Crippen LogP contribution is -2.27. The maximum absolute atomic E-state index is 3.52. The summed E-state index contributed by atoms with van der Waals surface area (Å²) in [5.74, 6) is 0. The normalized spacial score (nSPS) is 16.1. The minimum atomic E-state index is 0.854. The van der Waals surface area contributed by atoms with Crippen molar-refractivity contribution in [2.75, 3.05) is 11.9 Å². The first-order valence-corrected chi connectivity index (χ1v) is 6.36. The third-order valence-corrected chi connectivity index (χ3v) is 3.02. The van der Waals surface area contributed by atoms with Crippen LogP contribution in [-0.2, 0) is 6.54 Å². The van der Waals surface area contributed by atoms with Crippen LogP contribution in [0.3, 0.4) is 0 Å². The molecule has 14 heavy (non-hydrogen) atoms. The Hall–Kier alpha value is -0.340. The summed E-state index contributed by atoms with van der Waals surface area (Å²) in [6.45, 7) is 2.27. The number of hydrogen-bond acceptors (Lipinski definition) is 1. The van der Waals surface area contributed by atoms with Gasteiger partial charge < -0.3 is 0 Å². The maximum Gasteiger partial charge on any atom is 0.0237 e. The van der Waals surface area contributed by atoms with Crippen LogP contribution in [0.1, 0.15) is 18.4 Å². The topological polar surface area (TPSA) is 3.24 Å². The molecule has 1 nitrogen and oxygen atoms in total. The van der Waals surface area contributed by atoms with E-state index in [0.29, 0.717) is 0 Å². The lowest BCUT2D eigenvalue weighted by molar-refractivity contribution is 0.272. The van der Waals surface area contributed by atoms with Crippen LogP contribution in [-0.4, -0.2) is 22.8 Å². The second-order valence-corrected chi connectivity index (χ2v) is 4.67. The monoisotopic (exact) mass is 253 g/mol. The van der Waals surface area contributed by atoms with Crippen LogP contribution < -0.4 is 0 Å². The quantitative estimate of drug-likeness (QED) is 0.730. The standard InChI is InChI=1S/C12H16BrN/c13-8-9-14(12-6-7-12)10-11-4-2-1-3-5-11/h1-5,12H,6-10H2. The SMILES string of the molecule is BrCCN(Cc1ccccc1)C1CC1. The Balaban J connectivity index is 1.93. The number of hydrogen-bond donors (Lipinski definition) is 0. The summed E-state index contributed by atoms with van der Waals surface area (Å²) < 4.78 is 0. The van der Waals surface area contributed by atoms with Gasteiger partial charge in [0.25, 0.3) is 0 Å². The van der Waals surface area contributed by atoms with Crippen molar-refractivity contribution in [1.29, 1.82) is 0 Å². The Morgan fingerprint density at radius 1 is 1.21 bits per heavy atom. The fourth-order valence-electron chi connectivity index (χ4n) is 1.76. The third kappa shape index (κ3) is 2.82. The highest BCUT2D eigenvalue weighted by atomic mass is 79.9. The summed E-state index contributed by atoms with van der Waals surface area (Å²) in [5, 5.41) is 1.08. The van der Waals surface area contributed by atoms with E-state index in [0.717, 1.165) is 17.9 Å².